The van der Waals surface area contributed by atoms with Gasteiger partial charge in [0.2, 0.25) is 11.9 Å². The standard InChI is InChI=1S/C19H18N6O2/c1-12-3-6-14(7-4-12)25-18(20)23-19(24-25)22-13-5-8-15(16(9-13)26-2)17-10-21-11-27-17/h3-11H,1-2H3,(H3,20,22,23,24). The van der Waals surface area contributed by atoms with Crippen LogP contribution in [0.25, 0.3) is 17.0 Å². The van der Waals surface area contributed by atoms with Crippen LogP contribution in [0, 0.1) is 6.92 Å². The number of aromatic nitrogens is 4. The molecule has 0 spiro atoms. The zero-order valence-electron chi connectivity index (χ0n) is 14.9. The maximum absolute atomic E-state index is 6.01. The molecule has 2 heterocycles. The number of ether oxygens (including phenoxy) is 1. The maximum atomic E-state index is 6.01. The van der Waals surface area contributed by atoms with Crippen molar-refractivity contribution in [2.75, 3.05) is 18.2 Å². The largest absolute Gasteiger partial charge is 0.496 e. The molecule has 4 aromatic rings. The smallest absolute Gasteiger partial charge is 0.248 e. The molecule has 2 aromatic carbocycles. The molecule has 3 N–H and O–H groups in total. The first-order chi connectivity index (χ1) is 13.1. The fraction of sp³-hybridized carbons (Fsp3) is 0.105. The highest BCUT2D eigenvalue weighted by Crippen LogP contribution is 2.33. The number of anilines is 3. The second-order valence-electron chi connectivity index (χ2n) is 5.95. The van der Waals surface area contributed by atoms with E-state index >= 15 is 0 Å². The summed E-state index contributed by atoms with van der Waals surface area (Å²) in [6.07, 6.45) is 3.02. The molecule has 2 aromatic heterocycles. The van der Waals surface area contributed by atoms with E-state index in [1.165, 1.54) is 6.39 Å². The van der Waals surface area contributed by atoms with Gasteiger partial charge < -0.3 is 20.2 Å². The number of hydrogen-bond donors (Lipinski definition) is 2. The van der Waals surface area contributed by atoms with Crippen molar-refractivity contribution >= 4 is 17.6 Å². The van der Waals surface area contributed by atoms with E-state index in [-0.39, 0.29) is 0 Å². The minimum absolute atomic E-state index is 0.298. The first-order valence-electron chi connectivity index (χ1n) is 8.27. The van der Waals surface area contributed by atoms with Gasteiger partial charge in [0.15, 0.2) is 12.2 Å². The minimum atomic E-state index is 0.298. The Morgan fingerprint density at radius 1 is 1.15 bits per heavy atom. The van der Waals surface area contributed by atoms with Crippen LogP contribution in [0.15, 0.2) is 59.5 Å². The van der Waals surface area contributed by atoms with Gasteiger partial charge in [0.1, 0.15) is 5.75 Å². The molecule has 4 rings (SSSR count). The molecule has 27 heavy (non-hydrogen) atoms. The highest BCUT2D eigenvalue weighted by atomic mass is 16.5. The summed E-state index contributed by atoms with van der Waals surface area (Å²) in [7, 11) is 1.60. The molecular formula is C19H18N6O2. The zero-order valence-corrected chi connectivity index (χ0v) is 14.9. The Kier molecular flexibility index (Phi) is 4.21. The van der Waals surface area contributed by atoms with E-state index in [0.717, 1.165) is 22.5 Å². The van der Waals surface area contributed by atoms with Crippen molar-refractivity contribution in [3.05, 3.63) is 60.6 Å². The van der Waals surface area contributed by atoms with Crippen LogP contribution in [0.2, 0.25) is 0 Å². The van der Waals surface area contributed by atoms with E-state index in [1.54, 1.807) is 18.0 Å². The predicted octanol–water partition coefficient (Wildman–Crippen LogP) is 3.57. The van der Waals surface area contributed by atoms with Crippen LogP contribution < -0.4 is 15.8 Å². The average molecular weight is 362 g/mol. The number of methoxy groups -OCH3 is 1. The number of benzene rings is 2. The number of nitrogens with one attached hydrogen (secondary N) is 1. The van der Waals surface area contributed by atoms with Crippen molar-refractivity contribution in [1.29, 1.82) is 0 Å². The van der Waals surface area contributed by atoms with Crippen LogP contribution >= 0.6 is 0 Å². The molecule has 0 saturated heterocycles. The van der Waals surface area contributed by atoms with Crippen molar-refractivity contribution in [2.24, 2.45) is 0 Å². The number of aryl methyl sites for hydroxylation is 1. The Labute approximate surface area is 155 Å². The first kappa shape index (κ1) is 16.6. The SMILES string of the molecule is COc1cc(Nc2nc(N)n(-c3ccc(C)cc3)n2)ccc1-c1cnco1. The molecular weight excluding hydrogens is 344 g/mol. The summed E-state index contributed by atoms with van der Waals surface area (Å²) in [6.45, 7) is 2.03. The first-order valence-corrected chi connectivity index (χ1v) is 8.27. The second-order valence-corrected chi connectivity index (χ2v) is 5.95. The Morgan fingerprint density at radius 2 is 1.96 bits per heavy atom. The third-order valence-electron chi connectivity index (χ3n) is 4.07. The molecule has 0 bridgehead atoms. The topological polar surface area (TPSA) is 104 Å². The van der Waals surface area contributed by atoms with Gasteiger partial charge in [-0.3, -0.25) is 0 Å². The summed E-state index contributed by atoms with van der Waals surface area (Å²) in [5.74, 6) is 1.96. The number of nitrogen functional groups attached to an aromatic ring is 1. The molecule has 0 unspecified atom stereocenters. The number of nitrogens with two attached hydrogens (primary N) is 1. The quantitative estimate of drug-likeness (QED) is 0.559. The normalized spacial score (nSPS) is 10.7. The molecule has 0 amide bonds. The molecule has 8 heteroatoms. The zero-order chi connectivity index (χ0) is 18.8. The van der Waals surface area contributed by atoms with Crippen LogP contribution in [0.4, 0.5) is 17.6 Å². The second kappa shape index (κ2) is 6.83. The van der Waals surface area contributed by atoms with Gasteiger partial charge in [-0.15, -0.1) is 5.10 Å². The van der Waals surface area contributed by atoms with Gasteiger partial charge in [0.05, 0.1) is 24.6 Å². The number of oxazole rings is 1. The maximum Gasteiger partial charge on any atom is 0.248 e. The van der Waals surface area contributed by atoms with E-state index in [9.17, 15) is 0 Å². The van der Waals surface area contributed by atoms with E-state index in [4.69, 9.17) is 14.9 Å². The molecule has 0 aliphatic rings. The molecule has 0 aliphatic heterocycles. The molecule has 0 aliphatic carbocycles. The van der Waals surface area contributed by atoms with Crippen molar-refractivity contribution in [1.82, 2.24) is 19.7 Å². The Hall–Kier alpha value is -3.81. The lowest BCUT2D eigenvalue weighted by atomic mass is 10.1. The lowest BCUT2D eigenvalue weighted by Gasteiger charge is -2.09. The molecule has 0 saturated carbocycles. The average Bonchev–Trinajstić information content (AvgIpc) is 3.32. The molecule has 0 fully saturated rings. The number of hydrogen-bond acceptors (Lipinski definition) is 7. The van der Waals surface area contributed by atoms with Crippen molar-refractivity contribution < 1.29 is 9.15 Å². The number of nitrogens with zero attached hydrogens (tertiary/aromatic N) is 4. The lowest BCUT2D eigenvalue weighted by molar-refractivity contribution is 0.415. The highest BCUT2D eigenvalue weighted by Gasteiger charge is 2.12. The van der Waals surface area contributed by atoms with E-state index in [0.29, 0.717) is 23.4 Å². The highest BCUT2D eigenvalue weighted by molar-refractivity contribution is 5.70. The Bertz CT molecular complexity index is 1050. The Morgan fingerprint density at radius 3 is 2.67 bits per heavy atom. The van der Waals surface area contributed by atoms with Gasteiger partial charge in [-0.05, 0) is 31.2 Å². The monoisotopic (exact) mass is 362 g/mol. The minimum Gasteiger partial charge on any atom is -0.496 e. The molecule has 136 valence electrons. The summed E-state index contributed by atoms with van der Waals surface area (Å²) in [5.41, 5.74) is 9.59. The summed E-state index contributed by atoms with van der Waals surface area (Å²) in [5, 5.41) is 7.58. The van der Waals surface area contributed by atoms with Crippen molar-refractivity contribution in [3.8, 4) is 22.8 Å². The van der Waals surface area contributed by atoms with Gasteiger partial charge in [-0.1, -0.05) is 17.7 Å². The molecule has 8 nitrogen and oxygen atoms in total. The predicted molar refractivity (Wildman–Crippen MR) is 102 cm³/mol. The van der Waals surface area contributed by atoms with Gasteiger partial charge in [0, 0.05) is 11.8 Å². The fourth-order valence-corrected chi connectivity index (χ4v) is 2.70. The summed E-state index contributed by atoms with van der Waals surface area (Å²) in [6, 6.07) is 13.5. The van der Waals surface area contributed by atoms with Crippen LogP contribution in [0.3, 0.4) is 0 Å². The van der Waals surface area contributed by atoms with Crippen LogP contribution in [-0.4, -0.2) is 26.9 Å². The third kappa shape index (κ3) is 3.32. The summed E-state index contributed by atoms with van der Waals surface area (Å²) in [4.78, 5) is 8.22. The lowest BCUT2D eigenvalue weighted by Crippen LogP contribution is -2.02. The van der Waals surface area contributed by atoms with Gasteiger partial charge in [-0.25, -0.2) is 4.98 Å². The van der Waals surface area contributed by atoms with E-state index in [1.807, 2.05) is 49.4 Å². The van der Waals surface area contributed by atoms with E-state index in [2.05, 4.69) is 20.4 Å². The summed E-state index contributed by atoms with van der Waals surface area (Å²) < 4.78 is 12.4. The third-order valence-corrected chi connectivity index (χ3v) is 4.07. The Balaban J connectivity index is 1.61. The molecule has 0 radical (unpaired) electrons. The van der Waals surface area contributed by atoms with Crippen LogP contribution in [0.1, 0.15) is 5.56 Å². The van der Waals surface area contributed by atoms with Crippen molar-refractivity contribution in [3.63, 3.8) is 0 Å². The fourth-order valence-electron chi connectivity index (χ4n) is 2.70. The van der Waals surface area contributed by atoms with Crippen molar-refractivity contribution in [2.45, 2.75) is 6.92 Å². The number of rotatable bonds is 5. The van der Waals surface area contributed by atoms with Gasteiger partial charge in [-0.2, -0.15) is 9.67 Å². The van der Waals surface area contributed by atoms with Gasteiger partial charge in [0.25, 0.3) is 0 Å². The summed E-state index contributed by atoms with van der Waals surface area (Å²) >= 11 is 0. The van der Waals surface area contributed by atoms with Gasteiger partial charge >= 0.3 is 0 Å². The van der Waals surface area contributed by atoms with E-state index < -0.39 is 0 Å². The van der Waals surface area contributed by atoms with Crippen LogP contribution in [-0.2, 0) is 0 Å². The molecule has 0 atom stereocenters. The van der Waals surface area contributed by atoms with Crippen LogP contribution in [0.5, 0.6) is 5.75 Å².